The average molecular weight is 292 g/mol. The Labute approximate surface area is 112 Å². The van der Waals surface area contributed by atoms with Crippen LogP contribution in [0.15, 0.2) is 0 Å². The smallest absolute Gasteiger partial charge is 0.314 e. The molecular formula is C11H12F4N4O. The van der Waals surface area contributed by atoms with Gasteiger partial charge in [-0.25, -0.2) is 4.79 Å². The molecule has 5 nitrogen and oxygen atoms in total. The highest BCUT2D eigenvalue weighted by Gasteiger charge is 2.27. The number of anilines is 1. The summed E-state index contributed by atoms with van der Waals surface area (Å²) in [5.74, 6) is -6.49. The molecule has 0 aromatic carbocycles. The van der Waals surface area contributed by atoms with E-state index in [4.69, 9.17) is 5.73 Å². The molecule has 1 fully saturated rings. The van der Waals surface area contributed by atoms with Crippen molar-refractivity contribution in [3.8, 4) is 0 Å². The Hall–Kier alpha value is -2.06. The predicted octanol–water partition coefficient (Wildman–Crippen LogP) is 1.23. The monoisotopic (exact) mass is 292 g/mol. The second kappa shape index (κ2) is 5.51. The van der Waals surface area contributed by atoms with E-state index in [1.165, 1.54) is 4.90 Å². The van der Waals surface area contributed by atoms with E-state index in [0.717, 1.165) is 4.90 Å². The molecule has 110 valence electrons. The van der Waals surface area contributed by atoms with Crippen LogP contribution in [0.5, 0.6) is 0 Å². The summed E-state index contributed by atoms with van der Waals surface area (Å²) in [5.41, 5.74) is 4.31. The van der Waals surface area contributed by atoms with Gasteiger partial charge in [0.15, 0.2) is 0 Å². The topological polar surface area (TPSA) is 62.5 Å². The summed E-state index contributed by atoms with van der Waals surface area (Å²) in [5, 5.41) is 0. The second-order valence-electron chi connectivity index (χ2n) is 4.34. The van der Waals surface area contributed by atoms with Gasteiger partial charge in [-0.15, -0.1) is 0 Å². The molecule has 2 amide bonds. The number of pyridine rings is 1. The molecule has 0 spiro atoms. The maximum absolute atomic E-state index is 13.6. The molecule has 0 bridgehead atoms. The van der Waals surface area contributed by atoms with Crippen LogP contribution in [-0.2, 0) is 0 Å². The summed E-state index contributed by atoms with van der Waals surface area (Å²) in [6, 6.07) is -0.653. The van der Waals surface area contributed by atoms with Gasteiger partial charge in [-0.05, 0) is 6.42 Å². The van der Waals surface area contributed by atoms with Crippen LogP contribution in [0.25, 0.3) is 0 Å². The van der Waals surface area contributed by atoms with Gasteiger partial charge < -0.3 is 15.5 Å². The Morgan fingerprint density at radius 1 is 1.00 bits per heavy atom. The molecule has 0 aliphatic carbocycles. The average Bonchev–Trinajstić information content (AvgIpc) is 2.63. The van der Waals surface area contributed by atoms with Gasteiger partial charge >= 0.3 is 6.03 Å². The Kier molecular flexibility index (Phi) is 3.96. The summed E-state index contributed by atoms with van der Waals surface area (Å²) in [6.45, 7) is 0.574. The molecule has 2 N–H and O–H groups in total. The Morgan fingerprint density at radius 3 is 2.15 bits per heavy atom. The van der Waals surface area contributed by atoms with E-state index in [2.05, 4.69) is 4.98 Å². The van der Waals surface area contributed by atoms with E-state index in [-0.39, 0.29) is 19.6 Å². The highest BCUT2D eigenvalue weighted by molar-refractivity contribution is 5.72. The molecular weight excluding hydrogens is 280 g/mol. The molecule has 1 aromatic rings. The van der Waals surface area contributed by atoms with Gasteiger partial charge in [-0.2, -0.15) is 22.5 Å². The van der Waals surface area contributed by atoms with Gasteiger partial charge in [0.05, 0.1) is 0 Å². The molecule has 0 radical (unpaired) electrons. The van der Waals surface area contributed by atoms with Crippen LogP contribution in [0.3, 0.4) is 0 Å². The molecule has 20 heavy (non-hydrogen) atoms. The first-order chi connectivity index (χ1) is 9.41. The lowest BCUT2D eigenvalue weighted by molar-refractivity contribution is 0.211. The fraction of sp³-hybridized carbons (Fsp3) is 0.455. The van der Waals surface area contributed by atoms with E-state index in [0.29, 0.717) is 13.0 Å². The lowest BCUT2D eigenvalue weighted by Gasteiger charge is -2.23. The number of aromatic nitrogens is 1. The molecule has 1 aliphatic rings. The second-order valence-corrected chi connectivity index (χ2v) is 4.34. The molecule has 2 heterocycles. The molecule has 2 rings (SSSR count). The first kappa shape index (κ1) is 14.4. The van der Waals surface area contributed by atoms with Crippen molar-refractivity contribution < 1.29 is 22.4 Å². The van der Waals surface area contributed by atoms with Crippen LogP contribution in [0.4, 0.5) is 28.0 Å². The van der Waals surface area contributed by atoms with Crippen LogP contribution in [0.1, 0.15) is 6.42 Å². The maximum atomic E-state index is 13.6. The van der Waals surface area contributed by atoms with Crippen molar-refractivity contribution in [1.29, 1.82) is 0 Å². The van der Waals surface area contributed by atoms with Crippen LogP contribution < -0.4 is 10.6 Å². The van der Waals surface area contributed by atoms with Crippen molar-refractivity contribution >= 4 is 11.7 Å². The number of primary amides is 1. The number of hydrogen-bond acceptors (Lipinski definition) is 3. The van der Waals surface area contributed by atoms with Crippen LogP contribution in [-0.4, -0.2) is 42.1 Å². The van der Waals surface area contributed by atoms with Crippen molar-refractivity contribution in [2.75, 3.05) is 31.1 Å². The number of nitrogens with two attached hydrogens (primary N) is 1. The maximum Gasteiger partial charge on any atom is 0.314 e. The Morgan fingerprint density at radius 2 is 1.60 bits per heavy atom. The minimum atomic E-state index is -1.70. The summed E-state index contributed by atoms with van der Waals surface area (Å²) in [7, 11) is 0. The molecule has 0 atom stereocenters. The van der Waals surface area contributed by atoms with Gasteiger partial charge in [-0.3, -0.25) is 0 Å². The number of rotatable bonds is 1. The zero-order valence-electron chi connectivity index (χ0n) is 10.4. The third kappa shape index (κ3) is 2.61. The fourth-order valence-corrected chi connectivity index (χ4v) is 2.12. The van der Waals surface area contributed by atoms with Crippen molar-refractivity contribution in [1.82, 2.24) is 9.88 Å². The Bertz CT molecular complexity index is 513. The first-order valence-electron chi connectivity index (χ1n) is 5.91. The lowest BCUT2D eigenvalue weighted by atomic mass is 10.3. The van der Waals surface area contributed by atoms with Gasteiger partial charge in [0.2, 0.25) is 11.6 Å². The van der Waals surface area contributed by atoms with E-state index < -0.39 is 35.2 Å². The summed E-state index contributed by atoms with van der Waals surface area (Å²) in [6.07, 6.45) is 0.368. The molecule has 0 saturated carbocycles. The normalized spacial score (nSPS) is 16.2. The highest BCUT2D eigenvalue weighted by Crippen LogP contribution is 2.27. The minimum absolute atomic E-state index is 0.0136. The van der Waals surface area contributed by atoms with Crippen molar-refractivity contribution in [2.24, 2.45) is 5.73 Å². The van der Waals surface area contributed by atoms with Crippen molar-refractivity contribution in [3.05, 3.63) is 23.5 Å². The number of halogens is 4. The van der Waals surface area contributed by atoms with Crippen LogP contribution in [0.2, 0.25) is 0 Å². The summed E-state index contributed by atoms with van der Waals surface area (Å²) in [4.78, 5) is 16.0. The molecule has 1 aromatic heterocycles. The number of carbonyl (C=O) groups excluding carboxylic acids is 1. The van der Waals surface area contributed by atoms with Gasteiger partial charge in [0.25, 0.3) is 11.9 Å². The fourth-order valence-electron chi connectivity index (χ4n) is 2.12. The van der Waals surface area contributed by atoms with Crippen molar-refractivity contribution in [3.63, 3.8) is 0 Å². The van der Waals surface area contributed by atoms with Gasteiger partial charge in [0.1, 0.15) is 5.69 Å². The van der Waals surface area contributed by atoms with Crippen LogP contribution >= 0.6 is 0 Å². The summed E-state index contributed by atoms with van der Waals surface area (Å²) >= 11 is 0. The van der Waals surface area contributed by atoms with E-state index in [1.54, 1.807) is 0 Å². The quantitative estimate of drug-likeness (QED) is 0.625. The number of carbonyl (C=O) groups is 1. The third-order valence-corrected chi connectivity index (χ3v) is 3.10. The van der Waals surface area contributed by atoms with Crippen LogP contribution in [0, 0.1) is 23.5 Å². The molecule has 9 heteroatoms. The SMILES string of the molecule is NC(=O)N1CCCN(c2c(F)c(F)nc(F)c2F)CC1. The number of urea groups is 1. The Balaban J connectivity index is 2.30. The molecule has 1 saturated heterocycles. The predicted molar refractivity (Wildman–Crippen MR) is 62.1 cm³/mol. The highest BCUT2D eigenvalue weighted by atomic mass is 19.2. The van der Waals surface area contributed by atoms with E-state index in [9.17, 15) is 22.4 Å². The lowest BCUT2D eigenvalue weighted by Crippen LogP contribution is -2.39. The van der Waals surface area contributed by atoms with Crippen molar-refractivity contribution in [2.45, 2.75) is 6.42 Å². The standard InChI is InChI=1S/C11H12F4N4O/c12-6-8(7(13)10(15)17-9(6)14)18-2-1-3-19(5-4-18)11(16)20/h1-5H2,(H2,16,20). The molecule has 1 aliphatic heterocycles. The summed E-state index contributed by atoms with van der Waals surface area (Å²) < 4.78 is 53.4. The zero-order valence-corrected chi connectivity index (χ0v) is 10.4. The zero-order chi connectivity index (χ0) is 14.9. The number of hydrogen-bond donors (Lipinski definition) is 1. The largest absolute Gasteiger partial charge is 0.365 e. The van der Waals surface area contributed by atoms with E-state index in [1.807, 2.05) is 0 Å². The first-order valence-corrected chi connectivity index (χ1v) is 5.91. The number of amides is 2. The third-order valence-electron chi connectivity index (χ3n) is 3.10. The minimum Gasteiger partial charge on any atom is -0.365 e. The number of nitrogens with zero attached hydrogens (tertiary/aromatic N) is 3. The molecule has 0 unspecified atom stereocenters. The van der Waals surface area contributed by atoms with Gasteiger partial charge in [-0.1, -0.05) is 0 Å². The van der Waals surface area contributed by atoms with E-state index >= 15 is 0 Å². The van der Waals surface area contributed by atoms with Gasteiger partial charge in [0, 0.05) is 26.2 Å².